The van der Waals surface area contributed by atoms with Gasteiger partial charge in [-0.2, -0.15) is 0 Å². The second kappa shape index (κ2) is 11.3. The highest BCUT2D eigenvalue weighted by molar-refractivity contribution is 4.70. The van der Waals surface area contributed by atoms with Crippen LogP contribution < -0.4 is 5.73 Å². The number of nitrogens with two attached hydrogens (primary N) is 1. The molecule has 1 atom stereocenters. The van der Waals surface area contributed by atoms with Crippen molar-refractivity contribution in [3.05, 3.63) is 0 Å². The van der Waals surface area contributed by atoms with Gasteiger partial charge in [-0.1, -0.05) is 6.92 Å². The summed E-state index contributed by atoms with van der Waals surface area (Å²) < 4.78 is 10.7. The Hall–Kier alpha value is -0.160. The minimum atomic E-state index is 0.471. The molecule has 98 valence electrons. The molecule has 0 bridgehead atoms. The lowest BCUT2D eigenvalue weighted by Gasteiger charge is -2.30. The Morgan fingerprint density at radius 2 is 2.06 bits per heavy atom. The van der Waals surface area contributed by atoms with Crippen LogP contribution in [0.5, 0.6) is 0 Å². The topological polar surface area (TPSA) is 47.7 Å². The maximum Gasteiger partial charge on any atom is 0.0618 e. The first kappa shape index (κ1) is 15.8. The van der Waals surface area contributed by atoms with Gasteiger partial charge in [0.15, 0.2) is 0 Å². The zero-order valence-corrected chi connectivity index (χ0v) is 11.1. The Labute approximate surface area is 100 Å². The summed E-state index contributed by atoms with van der Waals surface area (Å²) in [7, 11) is 1.76. The van der Waals surface area contributed by atoms with Gasteiger partial charge in [0.25, 0.3) is 0 Å². The molecule has 0 saturated heterocycles. The van der Waals surface area contributed by atoms with E-state index in [4.69, 9.17) is 15.2 Å². The fourth-order valence-corrected chi connectivity index (χ4v) is 1.84. The largest absolute Gasteiger partial charge is 0.383 e. The fourth-order valence-electron chi connectivity index (χ4n) is 1.84. The predicted molar refractivity (Wildman–Crippen MR) is 67.7 cm³/mol. The van der Waals surface area contributed by atoms with Crippen molar-refractivity contribution in [1.82, 2.24) is 4.90 Å². The zero-order valence-electron chi connectivity index (χ0n) is 11.1. The van der Waals surface area contributed by atoms with E-state index in [-0.39, 0.29) is 0 Å². The second-order valence-electron chi connectivity index (χ2n) is 3.87. The van der Waals surface area contributed by atoms with Crippen LogP contribution >= 0.6 is 0 Å². The molecule has 0 amide bonds. The van der Waals surface area contributed by atoms with Crippen molar-refractivity contribution in [2.75, 3.05) is 46.6 Å². The summed E-state index contributed by atoms with van der Waals surface area (Å²) >= 11 is 0. The normalized spacial score (nSPS) is 13.3. The van der Waals surface area contributed by atoms with E-state index in [0.29, 0.717) is 6.04 Å². The average Bonchev–Trinajstić information content (AvgIpc) is 2.31. The Morgan fingerprint density at radius 3 is 2.56 bits per heavy atom. The highest BCUT2D eigenvalue weighted by Gasteiger charge is 2.15. The fraction of sp³-hybridized carbons (Fsp3) is 1.00. The molecule has 0 aliphatic heterocycles. The number of likely N-dealkylation sites (N-methyl/N-ethyl adjacent to an activating group) is 1. The molecule has 0 aliphatic rings. The first-order chi connectivity index (χ1) is 7.79. The first-order valence-electron chi connectivity index (χ1n) is 6.30. The van der Waals surface area contributed by atoms with Gasteiger partial charge < -0.3 is 15.2 Å². The molecule has 0 aromatic heterocycles. The summed E-state index contributed by atoms with van der Waals surface area (Å²) in [5, 5.41) is 0. The highest BCUT2D eigenvalue weighted by atomic mass is 16.5. The maximum absolute atomic E-state index is 5.55. The smallest absolute Gasteiger partial charge is 0.0618 e. The van der Waals surface area contributed by atoms with Gasteiger partial charge in [-0.3, -0.25) is 4.90 Å². The summed E-state index contributed by atoms with van der Waals surface area (Å²) in [6.07, 6.45) is 2.16. The van der Waals surface area contributed by atoms with Crippen molar-refractivity contribution in [2.24, 2.45) is 5.73 Å². The number of ether oxygens (including phenoxy) is 2. The molecule has 0 aliphatic carbocycles. The number of hydrogen-bond donors (Lipinski definition) is 1. The van der Waals surface area contributed by atoms with E-state index in [0.717, 1.165) is 52.3 Å². The standard InChI is InChI=1S/C12H28N2O2/c1-4-14(9-10-16-5-2)12(11-15-3)7-6-8-13/h12H,4-11,13H2,1-3H3. The van der Waals surface area contributed by atoms with Gasteiger partial charge in [0, 0.05) is 26.3 Å². The van der Waals surface area contributed by atoms with Crippen LogP contribution in [-0.4, -0.2) is 57.5 Å². The molecule has 0 saturated carbocycles. The lowest BCUT2D eigenvalue weighted by atomic mass is 10.1. The third-order valence-electron chi connectivity index (χ3n) is 2.75. The molecular weight excluding hydrogens is 204 g/mol. The summed E-state index contributed by atoms with van der Waals surface area (Å²) in [5.41, 5.74) is 5.55. The number of hydrogen-bond acceptors (Lipinski definition) is 4. The van der Waals surface area contributed by atoms with E-state index >= 15 is 0 Å². The van der Waals surface area contributed by atoms with Crippen molar-refractivity contribution in [2.45, 2.75) is 32.7 Å². The molecule has 0 heterocycles. The second-order valence-corrected chi connectivity index (χ2v) is 3.87. The van der Waals surface area contributed by atoms with Gasteiger partial charge >= 0.3 is 0 Å². The van der Waals surface area contributed by atoms with Gasteiger partial charge in [-0.05, 0) is 32.9 Å². The molecule has 4 heteroatoms. The quantitative estimate of drug-likeness (QED) is 0.542. The molecule has 2 N–H and O–H groups in total. The molecule has 0 radical (unpaired) electrons. The molecule has 0 aromatic carbocycles. The van der Waals surface area contributed by atoms with Gasteiger partial charge in [0.2, 0.25) is 0 Å². The lowest BCUT2D eigenvalue weighted by molar-refractivity contribution is 0.0565. The van der Waals surface area contributed by atoms with Crippen LogP contribution in [-0.2, 0) is 9.47 Å². The Bertz CT molecular complexity index is 145. The summed E-state index contributed by atoms with van der Waals surface area (Å²) in [5.74, 6) is 0. The summed E-state index contributed by atoms with van der Waals surface area (Å²) in [6.45, 7) is 9.33. The summed E-state index contributed by atoms with van der Waals surface area (Å²) in [6, 6.07) is 0.471. The van der Waals surface area contributed by atoms with Crippen LogP contribution in [0.3, 0.4) is 0 Å². The van der Waals surface area contributed by atoms with Crippen molar-refractivity contribution in [3.63, 3.8) is 0 Å². The molecule has 1 unspecified atom stereocenters. The predicted octanol–water partition coefficient (Wildman–Crippen LogP) is 1.10. The third kappa shape index (κ3) is 7.17. The highest BCUT2D eigenvalue weighted by Crippen LogP contribution is 2.07. The Morgan fingerprint density at radius 1 is 1.31 bits per heavy atom. The van der Waals surface area contributed by atoms with Crippen molar-refractivity contribution < 1.29 is 9.47 Å². The lowest BCUT2D eigenvalue weighted by Crippen LogP contribution is -2.40. The van der Waals surface area contributed by atoms with E-state index in [1.54, 1.807) is 7.11 Å². The van der Waals surface area contributed by atoms with Crippen molar-refractivity contribution in [1.29, 1.82) is 0 Å². The average molecular weight is 232 g/mol. The maximum atomic E-state index is 5.55. The van der Waals surface area contributed by atoms with Crippen LogP contribution in [0, 0.1) is 0 Å². The zero-order chi connectivity index (χ0) is 12.2. The first-order valence-corrected chi connectivity index (χ1v) is 6.30. The molecule has 16 heavy (non-hydrogen) atoms. The van der Waals surface area contributed by atoms with Crippen LogP contribution in [0.2, 0.25) is 0 Å². The summed E-state index contributed by atoms with van der Waals surface area (Å²) in [4.78, 5) is 2.41. The van der Waals surface area contributed by atoms with E-state index in [1.807, 2.05) is 6.92 Å². The molecule has 0 spiro atoms. The van der Waals surface area contributed by atoms with Gasteiger partial charge in [-0.25, -0.2) is 0 Å². The minimum Gasteiger partial charge on any atom is -0.383 e. The van der Waals surface area contributed by atoms with Gasteiger partial charge in [0.1, 0.15) is 0 Å². The van der Waals surface area contributed by atoms with Crippen molar-refractivity contribution >= 4 is 0 Å². The van der Waals surface area contributed by atoms with Crippen LogP contribution in [0.25, 0.3) is 0 Å². The molecular formula is C12H28N2O2. The van der Waals surface area contributed by atoms with Gasteiger partial charge in [0.05, 0.1) is 13.2 Å². The Balaban J connectivity index is 3.99. The third-order valence-corrected chi connectivity index (χ3v) is 2.75. The molecule has 0 fully saturated rings. The van der Waals surface area contributed by atoms with Crippen LogP contribution in [0.15, 0.2) is 0 Å². The molecule has 0 rings (SSSR count). The van der Waals surface area contributed by atoms with E-state index in [1.165, 1.54) is 0 Å². The number of methoxy groups -OCH3 is 1. The van der Waals surface area contributed by atoms with E-state index in [9.17, 15) is 0 Å². The van der Waals surface area contributed by atoms with Gasteiger partial charge in [-0.15, -0.1) is 0 Å². The number of nitrogens with zero attached hydrogens (tertiary/aromatic N) is 1. The minimum absolute atomic E-state index is 0.471. The van der Waals surface area contributed by atoms with Crippen molar-refractivity contribution in [3.8, 4) is 0 Å². The molecule has 4 nitrogen and oxygen atoms in total. The monoisotopic (exact) mass is 232 g/mol. The Kier molecular flexibility index (Phi) is 11.2. The van der Waals surface area contributed by atoms with Crippen LogP contribution in [0.4, 0.5) is 0 Å². The molecule has 0 aromatic rings. The SMILES string of the molecule is CCOCCN(CC)C(CCCN)COC. The van der Waals surface area contributed by atoms with E-state index < -0.39 is 0 Å². The van der Waals surface area contributed by atoms with Crippen LogP contribution in [0.1, 0.15) is 26.7 Å². The van der Waals surface area contributed by atoms with E-state index in [2.05, 4.69) is 11.8 Å². The number of rotatable bonds is 11.